The van der Waals surface area contributed by atoms with Crippen molar-refractivity contribution in [3.63, 3.8) is 0 Å². The number of carboxylic acid groups (broad SMARTS) is 1. The van der Waals surface area contributed by atoms with E-state index in [4.69, 9.17) is 5.11 Å². The van der Waals surface area contributed by atoms with Crippen molar-refractivity contribution < 1.29 is 9.90 Å². The second-order valence-electron chi connectivity index (χ2n) is 4.33. The summed E-state index contributed by atoms with van der Waals surface area (Å²) in [6, 6.07) is 4.07. The zero-order valence-electron chi connectivity index (χ0n) is 10.8. The molecule has 0 radical (unpaired) electrons. The van der Waals surface area contributed by atoms with Gasteiger partial charge in [-0.1, -0.05) is 6.07 Å². The quantitative estimate of drug-likeness (QED) is 0.762. The Morgan fingerprint density at radius 2 is 2.42 bits per heavy atom. The number of carboxylic acids is 1. The fourth-order valence-corrected chi connectivity index (χ4v) is 2.62. The summed E-state index contributed by atoms with van der Waals surface area (Å²) in [5.41, 5.74) is 2.14. The minimum absolute atomic E-state index is 0.206. The first-order valence-electron chi connectivity index (χ1n) is 6.15. The Labute approximate surface area is 115 Å². The maximum atomic E-state index is 10.4. The Bertz CT molecular complexity index is 534. The van der Waals surface area contributed by atoms with Gasteiger partial charge in [0.15, 0.2) is 0 Å². The summed E-state index contributed by atoms with van der Waals surface area (Å²) in [7, 11) is 1.91. The summed E-state index contributed by atoms with van der Waals surface area (Å²) in [6.45, 7) is 1.41. The highest BCUT2D eigenvalue weighted by Crippen LogP contribution is 2.26. The predicted octanol–water partition coefficient (Wildman–Crippen LogP) is 2.10. The lowest BCUT2D eigenvalue weighted by atomic mass is 10.2. The number of hydrogen-bond donors (Lipinski definition) is 2. The Kier molecular flexibility index (Phi) is 4.70. The van der Waals surface area contributed by atoms with Gasteiger partial charge < -0.3 is 10.4 Å². The normalized spacial score (nSPS) is 10.8. The Morgan fingerprint density at radius 3 is 3.11 bits per heavy atom. The molecule has 0 saturated carbocycles. The van der Waals surface area contributed by atoms with E-state index in [0.29, 0.717) is 19.5 Å². The van der Waals surface area contributed by atoms with Gasteiger partial charge in [0.05, 0.1) is 4.88 Å². The largest absolute Gasteiger partial charge is 0.481 e. The molecule has 0 bridgehead atoms. The van der Waals surface area contributed by atoms with E-state index in [1.807, 2.05) is 29.4 Å². The second kappa shape index (κ2) is 6.49. The number of nitrogens with zero attached hydrogens (tertiary/aromatic N) is 2. The molecular formula is C13H17N3O2S. The maximum absolute atomic E-state index is 10.4. The van der Waals surface area contributed by atoms with Crippen molar-refractivity contribution in [2.75, 3.05) is 6.54 Å². The number of aliphatic carboxylic acids is 1. The van der Waals surface area contributed by atoms with E-state index in [-0.39, 0.29) is 6.42 Å². The lowest BCUT2D eigenvalue weighted by molar-refractivity contribution is -0.137. The predicted molar refractivity (Wildman–Crippen MR) is 75.1 cm³/mol. The van der Waals surface area contributed by atoms with Crippen molar-refractivity contribution in [2.45, 2.75) is 19.4 Å². The fraction of sp³-hybridized carbons (Fsp3) is 0.385. The number of hydrogen-bond acceptors (Lipinski definition) is 4. The third-order valence-electron chi connectivity index (χ3n) is 2.72. The second-order valence-corrected chi connectivity index (χ2v) is 5.28. The highest BCUT2D eigenvalue weighted by molar-refractivity contribution is 7.13. The van der Waals surface area contributed by atoms with Gasteiger partial charge in [0, 0.05) is 31.8 Å². The molecule has 2 aromatic rings. The van der Waals surface area contributed by atoms with Crippen LogP contribution in [-0.4, -0.2) is 27.4 Å². The van der Waals surface area contributed by atoms with Crippen molar-refractivity contribution in [1.82, 2.24) is 15.1 Å². The van der Waals surface area contributed by atoms with Crippen LogP contribution in [-0.2, 0) is 18.4 Å². The van der Waals surface area contributed by atoms with Crippen LogP contribution in [0.25, 0.3) is 10.6 Å². The van der Waals surface area contributed by atoms with E-state index >= 15 is 0 Å². The van der Waals surface area contributed by atoms with E-state index in [9.17, 15) is 4.79 Å². The first kappa shape index (κ1) is 13.8. The fourth-order valence-electron chi connectivity index (χ4n) is 1.88. The molecule has 19 heavy (non-hydrogen) atoms. The van der Waals surface area contributed by atoms with E-state index in [1.165, 1.54) is 0 Å². The standard InChI is InChI=1S/C13H17N3O2S/c1-16-9-10(8-14-6-2-5-12(17)18)13(15-16)11-4-3-7-19-11/h3-4,7,9,14H,2,5-6,8H2,1H3,(H,17,18). The smallest absolute Gasteiger partial charge is 0.303 e. The van der Waals surface area contributed by atoms with Gasteiger partial charge in [-0.2, -0.15) is 5.10 Å². The topological polar surface area (TPSA) is 67.2 Å². The van der Waals surface area contributed by atoms with E-state index in [1.54, 1.807) is 11.3 Å². The number of thiophene rings is 1. The van der Waals surface area contributed by atoms with Gasteiger partial charge in [-0.25, -0.2) is 0 Å². The maximum Gasteiger partial charge on any atom is 0.303 e. The van der Waals surface area contributed by atoms with Crippen molar-refractivity contribution in [2.24, 2.45) is 7.05 Å². The van der Waals surface area contributed by atoms with Gasteiger partial charge in [0.1, 0.15) is 5.69 Å². The zero-order valence-corrected chi connectivity index (χ0v) is 11.6. The summed E-state index contributed by atoms with van der Waals surface area (Å²) < 4.78 is 1.81. The third kappa shape index (κ3) is 3.90. The van der Waals surface area contributed by atoms with Gasteiger partial charge in [0.2, 0.25) is 0 Å². The summed E-state index contributed by atoms with van der Waals surface area (Å²) >= 11 is 1.67. The number of carbonyl (C=O) groups is 1. The Morgan fingerprint density at radius 1 is 1.58 bits per heavy atom. The van der Waals surface area contributed by atoms with Crippen LogP contribution in [0.15, 0.2) is 23.7 Å². The minimum atomic E-state index is -0.748. The Balaban J connectivity index is 1.92. The SMILES string of the molecule is Cn1cc(CNCCCC(=O)O)c(-c2cccs2)n1. The number of rotatable bonds is 7. The molecule has 5 nitrogen and oxygen atoms in total. The molecule has 0 amide bonds. The Hall–Kier alpha value is -1.66. The molecule has 2 aromatic heterocycles. The van der Waals surface area contributed by atoms with Crippen LogP contribution in [0.2, 0.25) is 0 Å². The first-order valence-corrected chi connectivity index (χ1v) is 7.03. The highest BCUT2D eigenvalue weighted by Gasteiger charge is 2.10. The van der Waals surface area contributed by atoms with Gasteiger partial charge in [-0.3, -0.25) is 9.48 Å². The minimum Gasteiger partial charge on any atom is -0.481 e. The molecule has 0 unspecified atom stereocenters. The van der Waals surface area contributed by atoms with Crippen LogP contribution >= 0.6 is 11.3 Å². The first-order chi connectivity index (χ1) is 9.16. The average molecular weight is 279 g/mol. The van der Waals surface area contributed by atoms with E-state index < -0.39 is 5.97 Å². The third-order valence-corrected chi connectivity index (χ3v) is 3.60. The van der Waals surface area contributed by atoms with Crippen LogP contribution in [0.5, 0.6) is 0 Å². The molecule has 6 heteroatoms. The lowest BCUT2D eigenvalue weighted by Crippen LogP contribution is -2.15. The number of nitrogens with one attached hydrogen (secondary N) is 1. The molecule has 0 spiro atoms. The van der Waals surface area contributed by atoms with Gasteiger partial charge >= 0.3 is 5.97 Å². The van der Waals surface area contributed by atoms with Crippen LogP contribution in [0.4, 0.5) is 0 Å². The number of aryl methyl sites for hydroxylation is 1. The molecule has 2 heterocycles. The van der Waals surface area contributed by atoms with E-state index in [0.717, 1.165) is 16.1 Å². The van der Waals surface area contributed by atoms with Crippen molar-refractivity contribution >= 4 is 17.3 Å². The molecule has 2 N–H and O–H groups in total. The summed E-state index contributed by atoms with van der Waals surface area (Å²) in [5, 5.41) is 18.3. The summed E-state index contributed by atoms with van der Waals surface area (Å²) in [6.07, 6.45) is 2.85. The molecule has 102 valence electrons. The molecule has 0 aromatic carbocycles. The summed E-state index contributed by atoms with van der Waals surface area (Å²) in [5.74, 6) is -0.748. The van der Waals surface area contributed by atoms with Gasteiger partial charge in [-0.05, 0) is 24.4 Å². The molecule has 0 fully saturated rings. The highest BCUT2D eigenvalue weighted by atomic mass is 32.1. The average Bonchev–Trinajstić information content (AvgIpc) is 2.97. The molecular weight excluding hydrogens is 262 g/mol. The lowest BCUT2D eigenvalue weighted by Gasteiger charge is -2.03. The van der Waals surface area contributed by atoms with Crippen molar-refractivity contribution in [1.29, 1.82) is 0 Å². The molecule has 2 rings (SSSR count). The van der Waals surface area contributed by atoms with Crippen molar-refractivity contribution in [3.8, 4) is 10.6 Å². The van der Waals surface area contributed by atoms with Crippen LogP contribution in [0.3, 0.4) is 0 Å². The van der Waals surface area contributed by atoms with Crippen LogP contribution in [0, 0.1) is 0 Å². The monoisotopic (exact) mass is 279 g/mol. The molecule has 0 atom stereocenters. The summed E-state index contributed by atoms with van der Waals surface area (Å²) in [4.78, 5) is 11.6. The van der Waals surface area contributed by atoms with Crippen LogP contribution < -0.4 is 5.32 Å². The van der Waals surface area contributed by atoms with Gasteiger partial charge in [0.25, 0.3) is 0 Å². The van der Waals surface area contributed by atoms with Crippen LogP contribution in [0.1, 0.15) is 18.4 Å². The zero-order chi connectivity index (χ0) is 13.7. The van der Waals surface area contributed by atoms with E-state index in [2.05, 4.69) is 16.5 Å². The number of aromatic nitrogens is 2. The molecule has 0 aliphatic carbocycles. The molecule has 0 aliphatic rings. The van der Waals surface area contributed by atoms with Gasteiger partial charge in [-0.15, -0.1) is 11.3 Å². The molecule has 0 aliphatic heterocycles. The molecule has 0 saturated heterocycles. The van der Waals surface area contributed by atoms with Crippen molar-refractivity contribution in [3.05, 3.63) is 29.3 Å².